The van der Waals surface area contributed by atoms with Gasteiger partial charge in [-0.05, 0) is 30.9 Å². The molecule has 0 spiro atoms. The van der Waals surface area contributed by atoms with Crippen molar-refractivity contribution in [1.82, 2.24) is 9.88 Å². The number of likely N-dealkylation sites (tertiary alicyclic amines) is 1. The van der Waals surface area contributed by atoms with Gasteiger partial charge in [0.2, 0.25) is 5.91 Å². The van der Waals surface area contributed by atoms with Gasteiger partial charge in [-0.25, -0.2) is 0 Å². The monoisotopic (exact) mass is 228 g/mol. The molecule has 1 aromatic heterocycles. The van der Waals surface area contributed by atoms with Crippen LogP contribution in [-0.4, -0.2) is 28.9 Å². The van der Waals surface area contributed by atoms with E-state index in [1.54, 1.807) is 0 Å². The summed E-state index contributed by atoms with van der Waals surface area (Å²) in [6, 6.07) is 10.2. The van der Waals surface area contributed by atoms with E-state index in [4.69, 9.17) is 0 Å². The van der Waals surface area contributed by atoms with Crippen molar-refractivity contribution in [2.24, 2.45) is 0 Å². The highest BCUT2D eigenvalue weighted by Crippen LogP contribution is 2.24. The highest BCUT2D eigenvalue weighted by molar-refractivity contribution is 5.87. The minimum Gasteiger partial charge on any atom is -0.358 e. The zero-order valence-corrected chi connectivity index (χ0v) is 9.94. The van der Waals surface area contributed by atoms with Crippen LogP contribution in [-0.2, 0) is 4.79 Å². The SMILES string of the molecule is CC(C(=O)N1CCC1)c1cc2ccccc2[nH]1. The number of para-hydroxylation sites is 1. The number of carbonyl (C=O) groups is 1. The van der Waals surface area contributed by atoms with Gasteiger partial charge in [0.15, 0.2) is 0 Å². The number of nitrogens with one attached hydrogen (secondary N) is 1. The zero-order chi connectivity index (χ0) is 11.8. The summed E-state index contributed by atoms with van der Waals surface area (Å²) in [6.45, 7) is 3.82. The Hall–Kier alpha value is -1.77. The number of hydrogen-bond donors (Lipinski definition) is 1. The van der Waals surface area contributed by atoms with Crippen LogP contribution in [0.3, 0.4) is 0 Å². The first-order chi connectivity index (χ1) is 8.25. The predicted octanol–water partition coefficient (Wildman–Crippen LogP) is 2.50. The molecule has 1 aliphatic heterocycles. The number of fused-ring (bicyclic) bond motifs is 1. The molecular formula is C14H16N2O. The summed E-state index contributed by atoms with van der Waals surface area (Å²) in [4.78, 5) is 17.4. The molecule has 2 heterocycles. The number of amides is 1. The van der Waals surface area contributed by atoms with Crippen LogP contribution in [0.1, 0.15) is 25.0 Å². The van der Waals surface area contributed by atoms with Crippen LogP contribution in [0.4, 0.5) is 0 Å². The van der Waals surface area contributed by atoms with Crippen molar-refractivity contribution >= 4 is 16.8 Å². The molecule has 17 heavy (non-hydrogen) atoms. The maximum absolute atomic E-state index is 12.1. The lowest BCUT2D eigenvalue weighted by Gasteiger charge is -2.32. The molecule has 1 saturated heterocycles. The molecule has 1 aliphatic rings. The van der Waals surface area contributed by atoms with E-state index in [2.05, 4.69) is 17.1 Å². The Labute approximate surface area is 100 Å². The van der Waals surface area contributed by atoms with Crippen LogP contribution >= 0.6 is 0 Å². The molecule has 0 aliphatic carbocycles. The Bertz CT molecular complexity index is 521. The number of hydrogen-bond acceptors (Lipinski definition) is 1. The van der Waals surface area contributed by atoms with Crippen LogP contribution in [0.2, 0.25) is 0 Å². The van der Waals surface area contributed by atoms with E-state index in [0.717, 1.165) is 30.7 Å². The Morgan fingerprint density at radius 1 is 1.35 bits per heavy atom. The van der Waals surface area contributed by atoms with Crippen molar-refractivity contribution < 1.29 is 4.79 Å². The first kappa shape index (κ1) is 10.4. The summed E-state index contributed by atoms with van der Waals surface area (Å²) in [5.41, 5.74) is 2.12. The number of benzene rings is 1. The molecule has 1 amide bonds. The minimum absolute atomic E-state index is 0.0669. The molecule has 3 heteroatoms. The fraction of sp³-hybridized carbons (Fsp3) is 0.357. The first-order valence-corrected chi connectivity index (χ1v) is 6.12. The van der Waals surface area contributed by atoms with E-state index < -0.39 is 0 Å². The highest BCUT2D eigenvalue weighted by Gasteiger charge is 2.26. The Morgan fingerprint density at radius 2 is 2.12 bits per heavy atom. The number of aromatic amines is 1. The number of aromatic nitrogens is 1. The topological polar surface area (TPSA) is 36.1 Å². The number of nitrogens with zero attached hydrogens (tertiary/aromatic N) is 1. The summed E-state index contributed by atoms with van der Waals surface area (Å²) in [5.74, 6) is 0.172. The second-order valence-electron chi connectivity index (χ2n) is 4.71. The largest absolute Gasteiger partial charge is 0.358 e. The van der Waals surface area contributed by atoms with E-state index in [0.29, 0.717) is 0 Å². The van der Waals surface area contributed by atoms with E-state index in [1.165, 1.54) is 5.39 Å². The van der Waals surface area contributed by atoms with Crippen LogP contribution in [0.15, 0.2) is 30.3 Å². The first-order valence-electron chi connectivity index (χ1n) is 6.12. The lowest BCUT2D eigenvalue weighted by atomic mass is 10.0. The van der Waals surface area contributed by atoms with E-state index >= 15 is 0 Å². The van der Waals surface area contributed by atoms with Crippen molar-refractivity contribution in [1.29, 1.82) is 0 Å². The van der Waals surface area contributed by atoms with Gasteiger partial charge in [-0.15, -0.1) is 0 Å². The summed E-state index contributed by atoms with van der Waals surface area (Å²) < 4.78 is 0. The Morgan fingerprint density at radius 3 is 2.76 bits per heavy atom. The third kappa shape index (κ3) is 1.71. The molecule has 3 rings (SSSR count). The smallest absolute Gasteiger partial charge is 0.231 e. The van der Waals surface area contributed by atoms with Crippen molar-refractivity contribution in [2.75, 3.05) is 13.1 Å². The van der Waals surface area contributed by atoms with E-state index in [-0.39, 0.29) is 11.8 Å². The lowest BCUT2D eigenvalue weighted by Crippen LogP contribution is -2.44. The van der Waals surface area contributed by atoms with E-state index in [9.17, 15) is 4.79 Å². The quantitative estimate of drug-likeness (QED) is 0.842. The Balaban J connectivity index is 1.89. The van der Waals surface area contributed by atoms with Gasteiger partial charge >= 0.3 is 0 Å². The van der Waals surface area contributed by atoms with Gasteiger partial charge in [0.05, 0.1) is 5.92 Å². The molecule has 1 unspecified atom stereocenters. The van der Waals surface area contributed by atoms with Gasteiger partial charge < -0.3 is 9.88 Å². The maximum Gasteiger partial charge on any atom is 0.231 e. The highest BCUT2D eigenvalue weighted by atomic mass is 16.2. The summed E-state index contributed by atoms with van der Waals surface area (Å²) in [6.07, 6.45) is 1.14. The maximum atomic E-state index is 12.1. The third-order valence-corrected chi connectivity index (χ3v) is 3.56. The molecule has 2 aromatic rings. The second-order valence-corrected chi connectivity index (χ2v) is 4.71. The molecule has 1 atom stereocenters. The van der Waals surface area contributed by atoms with Crippen molar-refractivity contribution in [3.63, 3.8) is 0 Å². The molecule has 0 bridgehead atoms. The molecule has 1 N–H and O–H groups in total. The van der Waals surface area contributed by atoms with Gasteiger partial charge in [-0.2, -0.15) is 0 Å². The average Bonchev–Trinajstić information content (AvgIpc) is 2.68. The number of rotatable bonds is 2. The van der Waals surface area contributed by atoms with Crippen LogP contribution < -0.4 is 0 Å². The summed E-state index contributed by atoms with van der Waals surface area (Å²) >= 11 is 0. The van der Waals surface area contributed by atoms with Crippen LogP contribution in [0.25, 0.3) is 10.9 Å². The third-order valence-electron chi connectivity index (χ3n) is 3.56. The average molecular weight is 228 g/mol. The lowest BCUT2D eigenvalue weighted by molar-refractivity contribution is -0.135. The fourth-order valence-corrected chi connectivity index (χ4v) is 2.27. The van der Waals surface area contributed by atoms with Gasteiger partial charge in [-0.3, -0.25) is 4.79 Å². The predicted molar refractivity (Wildman–Crippen MR) is 67.9 cm³/mol. The standard InChI is InChI=1S/C14H16N2O/c1-10(14(17)16-7-4-8-16)13-9-11-5-2-3-6-12(11)15-13/h2-3,5-6,9-10,15H,4,7-8H2,1H3. The minimum atomic E-state index is -0.0669. The molecular weight excluding hydrogens is 212 g/mol. The molecule has 88 valence electrons. The number of carbonyl (C=O) groups excluding carboxylic acids is 1. The van der Waals surface area contributed by atoms with E-state index in [1.807, 2.05) is 30.0 Å². The second kappa shape index (κ2) is 3.91. The Kier molecular flexibility index (Phi) is 2.39. The number of H-pyrrole nitrogens is 1. The van der Waals surface area contributed by atoms with Gasteiger partial charge in [0.1, 0.15) is 0 Å². The van der Waals surface area contributed by atoms with Gasteiger partial charge in [-0.1, -0.05) is 18.2 Å². The molecule has 0 radical (unpaired) electrons. The summed E-state index contributed by atoms with van der Waals surface area (Å²) in [7, 11) is 0. The molecule has 1 fully saturated rings. The van der Waals surface area contributed by atoms with Crippen molar-refractivity contribution in [3.05, 3.63) is 36.0 Å². The molecule has 3 nitrogen and oxygen atoms in total. The van der Waals surface area contributed by atoms with Gasteiger partial charge in [0, 0.05) is 24.3 Å². The normalized spacial score (nSPS) is 16.9. The van der Waals surface area contributed by atoms with Gasteiger partial charge in [0.25, 0.3) is 0 Å². The summed E-state index contributed by atoms with van der Waals surface area (Å²) in [5, 5.41) is 1.17. The zero-order valence-electron chi connectivity index (χ0n) is 9.94. The van der Waals surface area contributed by atoms with Crippen LogP contribution in [0, 0.1) is 0 Å². The molecule has 1 aromatic carbocycles. The van der Waals surface area contributed by atoms with Crippen molar-refractivity contribution in [2.45, 2.75) is 19.3 Å². The van der Waals surface area contributed by atoms with Crippen molar-refractivity contribution in [3.8, 4) is 0 Å². The molecule has 0 saturated carbocycles. The van der Waals surface area contributed by atoms with Crippen LogP contribution in [0.5, 0.6) is 0 Å². The fourth-order valence-electron chi connectivity index (χ4n) is 2.27.